The molecule has 0 aromatic heterocycles. The fraction of sp³-hybridized carbons (Fsp3) is 0.846. The van der Waals surface area contributed by atoms with Gasteiger partial charge in [0.15, 0.2) is 0 Å². The number of hydrogen-bond acceptors (Lipinski definition) is 4. The predicted octanol–water partition coefficient (Wildman–Crippen LogP) is 2.24. The Labute approximate surface area is 105 Å². The van der Waals surface area contributed by atoms with Crippen LogP contribution in [0.4, 0.5) is 0 Å². The van der Waals surface area contributed by atoms with Crippen molar-refractivity contribution in [2.45, 2.75) is 20.3 Å². The Bertz CT molecular complexity index is 161. The largest absolute Gasteiger partial charge is 0.499 e. The summed E-state index contributed by atoms with van der Waals surface area (Å²) in [7, 11) is 0. The Balaban J connectivity index is 2.96. The van der Waals surface area contributed by atoms with E-state index < -0.39 is 0 Å². The van der Waals surface area contributed by atoms with Gasteiger partial charge in [-0.15, -0.1) is 0 Å². The van der Waals surface area contributed by atoms with E-state index in [1.54, 1.807) is 0 Å². The third-order valence-corrected chi connectivity index (χ3v) is 2.31. The summed E-state index contributed by atoms with van der Waals surface area (Å²) in [6, 6.07) is 0. The van der Waals surface area contributed by atoms with Gasteiger partial charge >= 0.3 is 0 Å². The molecular weight excluding hydrogens is 220 g/mol. The molecule has 0 saturated heterocycles. The van der Waals surface area contributed by atoms with Gasteiger partial charge < -0.3 is 18.9 Å². The molecule has 4 heteroatoms. The first-order valence-electron chi connectivity index (χ1n) is 6.27. The molecule has 4 nitrogen and oxygen atoms in total. The summed E-state index contributed by atoms with van der Waals surface area (Å²) in [5.74, 6) is 0.628. The summed E-state index contributed by atoms with van der Waals surface area (Å²) in [5, 5.41) is 0. The van der Waals surface area contributed by atoms with Crippen LogP contribution in [-0.4, -0.2) is 46.2 Å². The zero-order valence-corrected chi connectivity index (χ0v) is 11.2. The highest BCUT2D eigenvalue weighted by Crippen LogP contribution is 1.99. The molecular formula is C13H26O4. The highest BCUT2D eigenvalue weighted by Gasteiger charge is 1.97. The van der Waals surface area contributed by atoms with Crippen molar-refractivity contribution >= 4 is 0 Å². The molecule has 0 amide bonds. The molecule has 0 aromatic carbocycles. The standard InChI is InChI=1S/C13H26O4/c1-4-13(3)12-17-11-10-16-9-8-15-7-6-14-5-2/h5,13H,2,4,6-12H2,1,3H3. The van der Waals surface area contributed by atoms with Crippen LogP contribution < -0.4 is 0 Å². The molecule has 0 fully saturated rings. The second-order valence-corrected chi connectivity index (χ2v) is 3.85. The average Bonchev–Trinajstić information content (AvgIpc) is 2.35. The third-order valence-electron chi connectivity index (χ3n) is 2.31. The van der Waals surface area contributed by atoms with Gasteiger partial charge in [-0.05, 0) is 5.92 Å². The Hall–Kier alpha value is -0.580. The summed E-state index contributed by atoms with van der Waals surface area (Å²) < 4.78 is 21.0. The van der Waals surface area contributed by atoms with Gasteiger partial charge in [-0.1, -0.05) is 26.8 Å². The summed E-state index contributed by atoms with van der Waals surface area (Å²) >= 11 is 0. The Kier molecular flexibility index (Phi) is 13.0. The fourth-order valence-electron chi connectivity index (χ4n) is 1.03. The maximum atomic E-state index is 5.45. The molecule has 0 aromatic rings. The second kappa shape index (κ2) is 13.5. The Morgan fingerprint density at radius 1 is 0.941 bits per heavy atom. The minimum Gasteiger partial charge on any atom is -0.499 e. The lowest BCUT2D eigenvalue weighted by atomic mass is 10.1. The van der Waals surface area contributed by atoms with E-state index in [1.807, 2.05) is 0 Å². The summed E-state index contributed by atoms with van der Waals surface area (Å²) in [5.41, 5.74) is 0. The zero-order chi connectivity index (χ0) is 12.8. The van der Waals surface area contributed by atoms with Gasteiger partial charge in [0.1, 0.15) is 6.61 Å². The molecule has 0 aliphatic carbocycles. The van der Waals surface area contributed by atoms with Crippen molar-refractivity contribution in [3.8, 4) is 0 Å². The normalized spacial score (nSPS) is 12.4. The van der Waals surface area contributed by atoms with Crippen LogP contribution in [0.1, 0.15) is 20.3 Å². The van der Waals surface area contributed by atoms with Crippen LogP contribution in [0.5, 0.6) is 0 Å². The van der Waals surface area contributed by atoms with Gasteiger partial charge in [-0.25, -0.2) is 0 Å². The lowest BCUT2D eigenvalue weighted by Crippen LogP contribution is -2.13. The van der Waals surface area contributed by atoms with Crippen LogP contribution in [0.2, 0.25) is 0 Å². The van der Waals surface area contributed by atoms with Crippen molar-refractivity contribution in [1.29, 1.82) is 0 Å². The second-order valence-electron chi connectivity index (χ2n) is 3.85. The molecule has 0 bridgehead atoms. The molecule has 0 aliphatic heterocycles. The molecule has 0 saturated carbocycles. The quantitative estimate of drug-likeness (QED) is 0.369. The van der Waals surface area contributed by atoms with E-state index in [0.717, 1.165) is 13.0 Å². The van der Waals surface area contributed by atoms with E-state index in [-0.39, 0.29) is 0 Å². The Morgan fingerprint density at radius 3 is 2.00 bits per heavy atom. The molecule has 17 heavy (non-hydrogen) atoms. The van der Waals surface area contributed by atoms with Crippen molar-refractivity contribution in [3.63, 3.8) is 0 Å². The van der Waals surface area contributed by atoms with Crippen LogP contribution in [-0.2, 0) is 18.9 Å². The van der Waals surface area contributed by atoms with Crippen LogP contribution in [0.15, 0.2) is 12.8 Å². The highest BCUT2D eigenvalue weighted by atomic mass is 16.6. The van der Waals surface area contributed by atoms with Crippen molar-refractivity contribution in [3.05, 3.63) is 12.8 Å². The van der Waals surface area contributed by atoms with E-state index in [4.69, 9.17) is 18.9 Å². The van der Waals surface area contributed by atoms with Crippen LogP contribution >= 0.6 is 0 Å². The van der Waals surface area contributed by atoms with E-state index in [1.165, 1.54) is 6.26 Å². The lowest BCUT2D eigenvalue weighted by molar-refractivity contribution is 0.00170. The van der Waals surface area contributed by atoms with Gasteiger partial charge in [-0.3, -0.25) is 0 Å². The smallest absolute Gasteiger partial charge is 0.111 e. The van der Waals surface area contributed by atoms with Crippen LogP contribution in [0.25, 0.3) is 0 Å². The van der Waals surface area contributed by atoms with E-state index in [2.05, 4.69) is 20.4 Å². The van der Waals surface area contributed by atoms with E-state index in [9.17, 15) is 0 Å². The molecule has 1 unspecified atom stereocenters. The monoisotopic (exact) mass is 246 g/mol. The van der Waals surface area contributed by atoms with Crippen LogP contribution in [0.3, 0.4) is 0 Å². The van der Waals surface area contributed by atoms with Gasteiger partial charge in [0, 0.05) is 6.61 Å². The van der Waals surface area contributed by atoms with Gasteiger partial charge in [0.25, 0.3) is 0 Å². The number of ether oxygens (including phenoxy) is 4. The van der Waals surface area contributed by atoms with Crippen molar-refractivity contribution in [1.82, 2.24) is 0 Å². The zero-order valence-electron chi connectivity index (χ0n) is 11.2. The van der Waals surface area contributed by atoms with Crippen molar-refractivity contribution in [2.24, 2.45) is 5.92 Å². The summed E-state index contributed by atoms with van der Waals surface area (Å²) in [6.07, 6.45) is 2.57. The minimum absolute atomic E-state index is 0.543. The molecule has 0 rings (SSSR count). The first-order chi connectivity index (χ1) is 8.31. The first kappa shape index (κ1) is 16.4. The van der Waals surface area contributed by atoms with E-state index in [0.29, 0.717) is 45.6 Å². The minimum atomic E-state index is 0.543. The molecule has 0 radical (unpaired) electrons. The Morgan fingerprint density at radius 2 is 1.47 bits per heavy atom. The maximum Gasteiger partial charge on any atom is 0.111 e. The fourth-order valence-corrected chi connectivity index (χ4v) is 1.03. The van der Waals surface area contributed by atoms with Gasteiger partial charge in [-0.2, -0.15) is 0 Å². The predicted molar refractivity (Wildman–Crippen MR) is 68.1 cm³/mol. The van der Waals surface area contributed by atoms with E-state index >= 15 is 0 Å². The van der Waals surface area contributed by atoms with Gasteiger partial charge in [0.05, 0.1) is 39.3 Å². The molecule has 0 N–H and O–H groups in total. The lowest BCUT2D eigenvalue weighted by Gasteiger charge is -2.09. The summed E-state index contributed by atoms with van der Waals surface area (Å²) in [6.45, 7) is 12.2. The molecule has 1 atom stereocenters. The highest BCUT2D eigenvalue weighted by molar-refractivity contribution is 4.48. The topological polar surface area (TPSA) is 36.9 Å². The average molecular weight is 246 g/mol. The number of hydrogen-bond donors (Lipinski definition) is 0. The van der Waals surface area contributed by atoms with Crippen LogP contribution in [0, 0.1) is 5.92 Å². The molecule has 0 aliphatic rings. The third kappa shape index (κ3) is 13.4. The molecule has 102 valence electrons. The number of rotatable bonds is 13. The first-order valence-corrected chi connectivity index (χ1v) is 6.27. The molecule has 0 spiro atoms. The van der Waals surface area contributed by atoms with Gasteiger partial charge in [0.2, 0.25) is 0 Å². The van der Waals surface area contributed by atoms with Crippen molar-refractivity contribution < 1.29 is 18.9 Å². The maximum absolute atomic E-state index is 5.45. The summed E-state index contributed by atoms with van der Waals surface area (Å²) in [4.78, 5) is 0. The molecule has 0 heterocycles. The van der Waals surface area contributed by atoms with Crippen molar-refractivity contribution in [2.75, 3.05) is 46.2 Å². The SMILES string of the molecule is C=COCCOCCOCCOCC(C)CC.